The van der Waals surface area contributed by atoms with Gasteiger partial charge in [-0.3, -0.25) is 19.7 Å². The highest BCUT2D eigenvalue weighted by Crippen LogP contribution is 2.41. The Hall–Kier alpha value is -4.66. The molecule has 9 heteroatoms. The van der Waals surface area contributed by atoms with Gasteiger partial charge in [-0.15, -0.1) is 0 Å². The molecule has 1 saturated heterocycles. The number of para-hydroxylation sites is 1. The Morgan fingerprint density at radius 1 is 1.00 bits per heavy atom. The molecule has 0 spiro atoms. The molecule has 1 N–H and O–H groups in total. The summed E-state index contributed by atoms with van der Waals surface area (Å²) in [5, 5.41) is 11.9. The second-order valence-electron chi connectivity index (χ2n) is 9.27. The number of fused-ring (bicyclic) bond motifs is 1. The zero-order valence-corrected chi connectivity index (χ0v) is 20.2. The standard InChI is InChI=1S/C28H24N2O7/c1-28(2)36-26(31)25(27(32)37-28)24(22-15-29-23-9-4-3-8-21(22)23)18-10-12-20(13-11-18)35-16-17-6-5-7-19(14-17)30(33)34/h3-15,24-25,29H,16H2,1-2H3/t24-/m1/s1. The van der Waals surface area contributed by atoms with Crippen LogP contribution in [0.5, 0.6) is 5.75 Å². The van der Waals surface area contributed by atoms with Crippen LogP contribution in [-0.2, 0) is 25.7 Å². The first-order valence-electron chi connectivity index (χ1n) is 11.7. The van der Waals surface area contributed by atoms with E-state index in [1.807, 2.05) is 24.3 Å². The number of rotatable bonds is 7. The molecule has 0 aliphatic carbocycles. The van der Waals surface area contributed by atoms with Crippen LogP contribution in [0.15, 0.2) is 79.0 Å². The molecule has 2 heterocycles. The lowest BCUT2D eigenvalue weighted by Gasteiger charge is -2.36. The molecular formula is C28H24N2O7. The van der Waals surface area contributed by atoms with Crippen LogP contribution in [0.1, 0.15) is 36.5 Å². The Morgan fingerprint density at radius 3 is 2.41 bits per heavy atom. The Morgan fingerprint density at radius 2 is 1.70 bits per heavy atom. The third-order valence-electron chi connectivity index (χ3n) is 6.26. The normalized spacial score (nSPS) is 16.2. The number of aromatic nitrogens is 1. The molecule has 5 rings (SSSR count). The lowest BCUT2D eigenvalue weighted by Crippen LogP contribution is -2.48. The summed E-state index contributed by atoms with van der Waals surface area (Å²) >= 11 is 0. The van der Waals surface area contributed by atoms with Crippen LogP contribution in [0.25, 0.3) is 10.9 Å². The van der Waals surface area contributed by atoms with Crippen LogP contribution < -0.4 is 4.74 Å². The summed E-state index contributed by atoms with van der Waals surface area (Å²) in [4.78, 5) is 39.9. The van der Waals surface area contributed by atoms with E-state index in [1.54, 1.807) is 42.6 Å². The molecule has 1 atom stereocenters. The van der Waals surface area contributed by atoms with Gasteiger partial charge in [0.05, 0.1) is 4.92 Å². The van der Waals surface area contributed by atoms with Crippen molar-refractivity contribution in [2.45, 2.75) is 32.2 Å². The molecule has 9 nitrogen and oxygen atoms in total. The molecule has 37 heavy (non-hydrogen) atoms. The number of nitrogens with zero attached hydrogens (tertiary/aromatic N) is 1. The summed E-state index contributed by atoms with van der Waals surface area (Å²) in [5.74, 6) is -3.96. The van der Waals surface area contributed by atoms with Crippen molar-refractivity contribution < 1.29 is 28.7 Å². The van der Waals surface area contributed by atoms with Gasteiger partial charge >= 0.3 is 11.9 Å². The molecule has 0 amide bonds. The first-order valence-corrected chi connectivity index (χ1v) is 11.7. The van der Waals surface area contributed by atoms with Crippen LogP contribution >= 0.6 is 0 Å². The Kier molecular flexibility index (Phi) is 6.12. The van der Waals surface area contributed by atoms with Crippen molar-refractivity contribution in [3.8, 4) is 5.75 Å². The molecule has 1 aromatic heterocycles. The number of hydrogen-bond acceptors (Lipinski definition) is 7. The van der Waals surface area contributed by atoms with E-state index >= 15 is 0 Å². The number of ether oxygens (including phenoxy) is 3. The molecule has 1 aliphatic heterocycles. The van der Waals surface area contributed by atoms with Crippen molar-refractivity contribution in [2.75, 3.05) is 0 Å². The van der Waals surface area contributed by atoms with Crippen molar-refractivity contribution in [3.63, 3.8) is 0 Å². The summed E-state index contributed by atoms with van der Waals surface area (Å²) < 4.78 is 16.7. The lowest BCUT2D eigenvalue weighted by molar-refractivity contribution is -0.384. The number of nitro benzene ring substituents is 1. The average molecular weight is 501 g/mol. The molecule has 0 radical (unpaired) electrons. The van der Waals surface area contributed by atoms with Gasteiger partial charge in [0.25, 0.3) is 11.5 Å². The summed E-state index contributed by atoms with van der Waals surface area (Å²) in [7, 11) is 0. The van der Waals surface area contributed by atoms with Gasteiger partial charge in [0.1, 0.15) is 12.4 Å². The highest BCUT2D eigenvalue weighted by atomic mass is 16.7. The van der Waals surface area contributed by atoms with Crippen molar-refractivity contribution in [3.05, 3.63) is 106 Å². The van der Waals surface area contributed by atoms with Gasteiger partial charge in [-0.25, -0.2) is 0 Å². The maximum absolute atomic E-state index is 13.1. The first kappa shape index (κ1) is 24.1. The van der Waals surface area contributed by atoms with E-state index in [0.29, 0.717) is 16.9 Å². The molecule has 0 bridgehead atoms. The van der Waals surface area contributed by atoms with E-state index in [4.69, 9.17) is 14.2 Å². The van der Waals surface area contributed by atoms with E-state index in [-0.39, 0.29) is 12.3 Å². The number of aromatic amines is 1. The minimum atomic E-state index is -1.33. The minimum absolute atomic E-state index is 0.00699. The van der Waals surface area contributed by atoms with Gasteiger partial charge in [0.2, 0.25) is 0 Å². The molecular weight excluding hydrogens is 476 g/mol. The average Bonchev–Trinajstić information content (AvgIpc) is 3.29. The van der Waals surface area contributed by atoms with Gasteiger partial charge < -0.3 is 19.2 Å². The number of nitrogens with one attached hydrogen (secondary N) is 1. The van der Waals surface area contributed by atoms with Crippen molar-refractivity contribution in [1.29, 1.82) is 0 Å². The van der Waals surface area contributed by atoms with E-state index in [9.17, 15) is 19.7 Å². The zero-order valence-electron chi connectivity index (χ0n) is 20.2. The number of nitro groups is 1. The molecule has 1 fully saturated rings. The summed E-state index contributed by atoms with van der Waals surface area (Å²) in [6.07, 6.45) is 1.79. The molecule has 3 aromatic carbocycles. The maximum Gasteiger partial charge on any atom is 0.324 e. The number of non-ortho nitro benzene ring substituents is 1. The second-order valence-corrected chi connectivity index (χ2v) is 9.27. The molecule has 1 aliphatic rings. The van der Waals surface area contributed by atoms with E-state index < -0.39 is 34.5 Å². The highest BCUT2D eigenvalue weighted by Gasteiger charge is 2.48. The third kappa shape index (κ3) is 4.88. The topological polar surface area (TPSA) is 121 Å². The van der Waals surface area contributed by atoms with Gasteiger partial charge in [0, 0.05) is 49.0 Å². The summed E-state index contributed by atoms with van der Waals surface area (Å²) in [6, 6.07) is 20.9. The largest absolute Gasteiger partial charge is 0.489 e. The fraction of sp³-hybridized carbons (Fsp3) is 0.214. The highest BCUT2D eigenvalue weighted by molar-refractivity contribution is 5.99. The van der Waals surface area contributed by atoms with Gasteiger partial charge in [0.15, 0.2) is 5.92 Å². The molecule has 4 aromatic rings. The number of hydrogen-bond donors (Lipinski definition) is 1. The predicted molar refractivity (Wildman–Crippen MR) is 134 cm³/mol. The SMILES string of the molecule is CC1(C)OC(=O)C([C@H](c2ccc(OCc3cccc([N+](=O)[O-])c3)cc2)c2c[nH]c3ccccc23)C(=O)O1. The molecule has 0 saturated carbocycles. The minimum Gasteiger partial charge on any atom is -0.489 e. The number of cyclic esters (lactones) is 2. The van der Waals surface area contributed by atoms with Crippen molar-refractivity contribution in [2.24, 2.45) is 5.92 Å². The van der Waals surface area contributed by atoms with Crippen LogP contribution in [0.3, 0.4) is 0 Å². The van der Waals surface area contributed by atoms with Crippen LogP contribution in [0.4, 0.5) is 5.69 Å². The van der Waals surface area contributed by atoms with Crippen LogP contribution in [0, 0.1) is 16.0 Å². The Labute approximate surface area is 212 Å². The zero-order chi connectivity index (χ0) is 26.2. The Balaban J connectivity index is 1.46. The van der Waals surface area contributed by atoms with Crippen molar-refractivity contribution >= 4 is 28.5 Å². The summed E-state index contributed by atoms with van der Waals surface area (Å²) in [6.45, 7) is 3.18. The quantitative estimate of drug-likeness (QED) is 0.159. The van der Waals surface area contributed by atoms with Crippen LogP contribution in [-0.4, -0.2) is 27.6 Å². The molecule has 188 valence electrons. The first-order chi connectivity index (χ1) is 17.7. The van der Waals surface area contributed by atoms with E-state index in [1.165, 1.54) is 26.0 Å². The smallest absolute Gasteiger partial charge is 0.324 e. The predicted octanol–water partition coefficient (Wildman–Crippen LogP) is 5.24. The maximum atomic E-state index is 13.1. The number of H-pyrrole nitrogens is 1. The van der Waals surface area contributed by atoms with Crippen molar-refractivity contribution in [1.82, 2.24) is 4.98 Å². The number of carbonyl (C=O) groups excluding carboxylic acids is 2. The second kappa shape index (κ2) is 9.42. The van der Waals surface area contributed by atoms with Gasteiger partial charge in [-0.1, -0.05) is 42.5 Å². The lowest BCUT2D eigenvalue weighted by atomic mass is 9.80. The monoisotopic (exact) mass is 500 g/mol. The number of esters is 2. The van der Waals surface area contributed by atoms with E-state index in [0.717, 1.165) is 16.5 Å². The van der Waals surface area contributed by atoms with Crippen LogP contribution in [0.2, 0.25) is 0 Å². The number of carbonyl (C=O) groups is 2. The van der Waals surface area contributed by atoms with E-state index in [2.05, 4.69) is 4.98 Å². The van der Waals surface area contributed by atoms with Gasteiger partial charge in [-0.2, -0.15) is 0 Å². The fourth-order valence-electron chi connectivity index (χ4n) is 4.60. The summed E-state index contributed by atoms with van der Waals surface area (Å²) in [5.41, 5.74) is 2.99. The fourth-order valence-corrected chi connectivity index (χ4v) is 4.60. The van der Waals surface area contributed by atoms with Gasteiger partial charge in [-0.05, 0) is 34.9 Å². The molecule has 0 unspecified atom stereocenters. The Bertz CT molecular complexity index is 1470. The number of benzene rings is 3. The third-order valence-corrected chi connectivity index (χ3v) is 6.26.